The summed E-state index contributed by atoms with van der Waals surface area (Å²) in [5, 5.41) is 0. The van der Waals surface area contributed by atoms with Crippen LogP contribution in [0.25, 0.3) is 5.57 Å². The Morgan fingerprint density at radius 1 is 1.03 bits per heavy atom. The van der Waals surface area contributed by atoms with Gasteiger partial charge < -0.3 is 15.2 Å². The fraction of sp³-hybridized carbons (Fsp3) is 0.400. The van der Waals surface area contributed by atoms with Gasteiger partial charge in [0.05, 0.1) is 14.2 Å². The molecule has 0 aromatic heterocycles. The highest BCUT2D eigenvalue weighted by Gasteiger charge is 2.08. The van der Waals surface area contributed by atoms with Crippen molar-refractivity contribution in [2.24, 2.45) is 5.92 Å². The zero-order valence-corrected chi connectivity index (χ0v) is 18.6. The molecule has 0 heterocycles. The Morgan fingerprint density at radius 2 is 1.72 bits per heavy atom. The normalized spacial score (nSPS) is 10.9. The predicted molar refractivity (Wildman–Crippen MR) is 123 cm³/mol. The summed E-state index contributed by atoms with van der Waals surface area (Å²) < 4.78 is 10.7. The summed E-state index contributed by atoms with van der Waals surface area (Å²) >= 11 is 0. The molecular formula is C25H35NO3. The zero-order valence-electron chi connectivity index (χ0n) is 18.6. The van der Waals surface area contributed by atoms with E-state index in [1.54, 1.807) is 38.5 Å². The van der Waals surface area contributed by atoms with E-state index >= 15 is 0 Å². The van der Waals surface area contributed by atoms with Crippen molar-refractivity contribution >= 4 is 17.0 Å². The van der Waals surface area contributed by atoms with E-state index in [9.17, 15) is 4.79 Å². The van der Waals surface area contributed by atoms with Gasteiger partial charge in [-0.25, -0.2) is 0 Å². The minimum atomic E-state index is 0.0484. The third kappa shape index (κ3) is 8.43. The highest BCUT2D eigenvalue weighted by molar-refractivity contribution is 5.94. The average Bonchev–Trinajstić information content (AvgIpc) is 2.71. The number of hydrogen-bond donors (Lipinski definition) is 1. The number of benzene rings is 2. The molecule has 0 aliphatic carbocycles. The molecule has 0 aliphatic rings. The molecule has 2 N–H and O–H groups in total. The largest absolute Gasteiger partial charge is 0.493 e. The molecule has 2 aromatic rings. The van der Waals surface area contributed by atoms with E-state index in [2.05, 4.69) is 39.0 Å². The summed E-state index contributed by atoms with van der Waals surface area (Å²) in [4.78, 5) is 10.7. The van der Waals surface area contributed by atoms with Crippen molar-refractivity contribution in [1.82, 2.24) is 0 Å². The van der Waals surface area contributed by atoms with Crippen LogP contribution in [0, 0.1) is 5.92 Å². The first-order chi connectivity index (χ1) is 13.8. The zero-order chi connectivity index (χ0) is 21.8. The fourth-order valence-electron chi connectivity index (χ4n) is 2.81. The molecule has 2 aromatic carbocycles. The summed E-state index contributed by atoms with van der Waals surface area (Å²) in [6.45, 7) is 8.22. The topological polar surface area (TPSA) is 61.6 Å². The third-order valence-corrected chi connectivity index (χ3v) is 4.40. The Morgan fingerprint density at radius 3 is 2.21 bits per heavy atom. The standard InChI is InChI=1S/C17H26O2.C8H9NO/c1-6-7-14(9-8-13(2)3)15-10-11-16(18-4)17(12-15)19-5;1-6(10)7-3-2-4-8(9)5-7/h9-13H,6-8H2,1-5H3;2-5H,9H2,1H3/b14-9-;. The lowest BCUT2D eigenvalue weighted by molar-refractivity contribution is 0.101. The van der Waals surface area contributed by atoms with Crippen LogP contribution in [0.1, 0.15) is 62.9 Å². The first-order valence-electron chi connectivity index (χ1n) is 10.1. The predicted octanol–water partition coefficient (Wildman–Crippen LogP) is 6.40. The SMILES string of the molecule is CC(=O)c1cccc(N)c1.CCC/C(=C/CC(C)C)c1ccc(OC)c(OC)c1. The molecule has 2 rings (SSSR count). The molecule has 0 radical (unpaired) electrons. The number of ketones is 1. The number of carbonyl (C=O) groups is 1. The molecule has 4 nitrogen and oxygen atoms in total. The van der Waals surface area contributed by atoms with Crippen LogP contribution in [0.15, 0.2) is 48.5 Å². The number of nitrogen functional groups attached to an aromatic ring is 1. The van der Waals surface area contributed by atoms with Gasteiger partial charge in [0.25, 0.3) is 0 Å². The molecule has 4 heteroatoms. The monoisotopic (exact) mass is 397 g/mol. The minimum absolute atomic E-state index is 0.0484. The second-order valence-corrected chi connectivity index (χ2v) is 7.36. The van der Waals surface area contributed by atoms with E-state index < -0.39 is 0 Å². The number of hydrogen-bond acceptors (Lipinski definition) is 4. The number of allylic oxidation sites excluding steroid dienone is 2. The van der Waals surface area contributed by atoms with E-state index in [1.165, 1.54) is 18.1 Å². The van der Waals surface area contributed by atoms with Crippen LogP contribution in [0.3, 0.4) is 0 Å². The summed E-state index contributed by atoms with van der Waals surface area (Å²) in [5.41, 5.74) is 9.38. The van der Waals surface area contributed by atoms with Crippen LogP contribution in [0.5, 0.6) is 11.5 Å². The van der Waals surface area contributed by atoms with Gasteiger partial charge in [0.2, 0.25) is 0 Å². The lowest BCUT2D eigenvalue weighted by atomic mass is 9.97. The van der Waals surface area contributed by atoms with Gasteiger partial charge in [-0.15, -0.1) is 0 Å². The molecule has 0 amide bonds. The van der Waals surface area contributed by atoms with Crippen LogP contribution in [-0.4, -0.2) is 20.0 Å². The first-order valence-corrected chi connectivity index (χ1v) is 10.1. The quantitative estimate of drug-likeness (QED) is 0.413. The third-order valence-electron chi connectivity index (χ3n) is 4.40. The van der Waals surface area contributed by atoms with E-state index in [1.807, 2.05) is 6.07 Å². The molecule has 158 valence electrons. The molecule has 0 saturated carbocycles. The minimum Gasteiger partial charge on any atom is -0.493 e. The highest BCUT2D eigenvalue weighted by atomic mass is 16.5. The van der Waals surface area contributed by atoms with Crippen molar-refractivity contribution in [2.75, 3.05) is 20.0 Å². The maximum atomic E-state index is 10.7. The number of anilines is 1. The number of methoxy groups -OCH3 is 2. The molecule has 29 heavy (non-hydrogen) atoms. The Balaban J connectivity index is 0.000000352. The summed E-state index contributed by atoms with van der Waals surface area (Å²) in [6, 6.07) is 13.1. The Labute approximate surface area is 175 Å². The Kier molecular flexibility index (Phi) is 10.6. The van der Waals surface area contributed by atoms with Crippen LogP contribution in [-0.2, 0) is 0 Å². The molecular weight excluding hydrogens is 362 g/mol. The molecule has 0 atom stereocenters. The lowest BCUT2D eigenvalue weighted by Gasteiger charge is -2.12. The second kappa shape index (κ2) is 12.7. The van der Waals surface area contributed by atoms with Crippen molar-refractivity contribution in [3.63, 3.8) is 0 Å². The fourth-order valence-corrected chi connectivity index (χ4v) is 2.81. The van der Waals surface area contributed by atoms with Crippen molar-refractivity contribution in [3.8, 4) is 11.5 Å². The van der Waals surface area contributed by atoms with E-state index in [-0.39, 0.29) is 5.78 Å². The molecule has 0 saturated heterocycles. The molecule has 0 unspecified atom stereocenters. The van der Waals surface area contributed by atoms with Gasteiger partial charge >= 0.3 is 0 Å². The van der Waals surface area contributed by atoms with Crippen LogP contribution < -0.4 is 15.2 Å². The number of nitrogens with two attached hydrogens (primary N) is 1. The van der Waals surface area contributed by atoms with E-state index in [0.717, 1.165) is 30.8 Å². The highest BCUT2D eigenvalue weighted by Crippen LogP contribution is 2.32. The average molecular weight is 398 g/mol. The summed E-state index contributed by atoms with van der Waals surface area (Å²) in [5.74, 6) is 2.32. The number of ether oxygens (including phenoxy) is 2. The van der Waals surface area contributed by atoms with Crippen LogP contribution in [0.4, 0.5) is 5.69 Å². The van der Waals surface area contributed by atoms with E-state index in [0.29, 0.717) is 17.2 Å². The van der Waals surface area contributed by atoms with Gasteiger partial charge in [-0.2, -0.15) is 0 Å². The van der Waals surface area contributed by atoms with Gasteiger partial charge in [0.1, 0.15) is 0 Å². The molecule has 0 aliphatic heterocycles. The Bertz CT molecular complexity index is 809. The summed E-state index contributed by atoms with van der Waals surface area (Å²) in [7, 11) is 3.35. The number of Topliss-reactive ketones (excluding diaryl/α,β-unsaturated/α-hetero) is 1. The lowest BCUT2D eigenvalue weighted by Crippen LogP contribution is -1.93. The van der Waals surface area contributed by atoms with Gasteiger partial charge in [-0.1, -0.05) is 51.5 Å². The van der Waals surface area contributed by atoms with Crippen LogP contribution in [0.2, 0.25) is 0 Å². The van der Waals surface area contributed by atoms with Crippen molar-refractivity contribution in [1.29, 1.82) is 0 Å². The Hall–Kier alpha value is -2.75. The van der Waals surface area contributed by atoms with Gasteiger partial charge in [-0.3, -0.25) is 4.79 Å². The van der Waals surface area contributed by atoms with Gasteiger partial charge in [-0.05, 0) is 61.1 Å². The van der Waals surface area contributed by atoms with Gasteiger partial charge in [0, 0.05) is 11.3 Å². The van der Waals surface area contributed by atoms with Crippen molar-refractivity contribution in [2.45, 2.75) is 47.0 Å². The molecule has 0 spiro atoms. The van der Waals surface area contributed by atoms with E-state index in [4.69, 9.17) is 15.2 Å². The number of rotatable bonds is 8. The number of carbonyl (C=O) groups excluding carboxylic acids is 1. The maximum absolute atomic E-state index is 10.7. The van der Waals surface area contributed by atoms with Crippen molar-refractivity contribution in [3.05, 3.63) is 59.7 Å². The van der Waals surface area contributed by atoms with Gasteiger partial charge in [0.15, 0.2) is 17.3 Å². The maximum Gasteiger partial charge on any atom is 0.161 e. The first kappa shape index (κ1) is 24.3. The smallest absolute Gasteiger partial charge is 0.161 e. The molecule has 0 bridgehead atoms. The second-order valence-electron chi connectivity index (χ2n) is 7.36. The molecule has 0 fully saturated rings. The van der Waals surface area contributed by atoms with Crippen LogP contribution >= 0.6 is 0 Å². The summed E-state index contributed by atoms with van der Waals surface area (Å²) in [6.07, 6.45) is 5.72. The van der Waals surface area contributed by atoms with Crippen molar-refractivity contribution < 1.29 is 14.3 Å².